The second-order valence-corrected chi connectivity index (χ2v) is 8.02. The fourth-order valence-electron chi connectivity index (χ4n) is 3.13. The van der Waals surface area contributed by atoms with Crippen molar-refractivity contribution in [3.63, 3.8) is 0 Å². The number of hydrogen-bond donors (Lipinski definition) is 0. The number of hydrogen-bond acceptors (Lipinski definition) is 8. The number of piperidine rings is 1. The number of ether oxygens (including phenoxy) is 2. The van der Waals surface area contributed by atoms with E-state index in [0.29, 0.717) is 36.1 Å². The Morgan fingerprint density at radius 2 is 2.10 bits per heavy atom. The van der Waals surface area contributed by atoms with E-state index in [1.54, 1.807) is 23.4 Å². The van der Waals surface area contributed by atoms with Gasteiger partial charge in [0.05, 0.1) is 6.10 Å². The molecule has 0 aliphatic carbocycles. The molecule has 0 atom stereocenters. The van der Waals surface area contributed by atoms with Crippen LogP contribution < -0.4 is 0 Å². The standard InChI is InChI=1S/C20H24N4O5/c1-20(2,3)28-19(25)24-8-5-14(6-9-24)26-12-17-22-18(29-23-17)16-10-13-11-21-7-4-15(13)27-16/h4,7,10-11,14H,5-6,8-9,12H2,1-3H3. The van der Waals surface area contributed by atoms with Crippen LogP contribution in [0, 0.1) is 0 Å². The van der Waals surface area contributed by atoms with E-state index in [2.05, 4.69) is 15.1 Å². The topological polar surface area (TPSA) is 104 Å². The molecule has 4 heterocycles. The van der Waals surface area contributed by atoms with Crippen molar-refractivity contribution in [3.05, 3.63) is 30.4 Å². The number of likely N-dealkylation sites (tertiary alicyclic amines) is 1. The van der Waals surface area contributed by atoms with Crippen LogP contribution in [0.25, 0.3) is 22.6 Å². The average Bonchev–Trinajstić information content (AvgIpc) is 3.32. The lowest BCUT2D eigenvalue weighted by Crippen LogP contribution is -2.43. The summed E-state index contributed by atoms with van der Waals surface area (Å²) in [5, 5.41) is 4.83. The molecule has 3 aromatic rings. The molecule has 1 aliphatic rings. The second-order valence-electron chi connectivity index (χ2n) is 8.02. The number of aromatic nitrogens is 3. The Morgan fingerprint density at radius 1 is 1.31 bits per heavy atom. The number of rotatable bonds is 4. The van der Waals surface area contributed by atoms with Crippen molar-refractivity contribution in [2.75, 3.05) is 13.1 Å². The first-order chi connectivity index (χ1) is 13.9. The summed E-state index contributed by atoms with van der Waals surface area (Å²) >= 11 is 0. The molecule has 1 aliphatic heterocycles. The van der Waals surface area contributed by atoms with Crippen LogP contribution in [0.2, 0.25) is 0 Å². The number of carbonyl (C=O) groups is 1. The van der Waals surface area contributed by atoms with Gasteiger partial charge in [0.1, 0.15) is 17.8 Å². The summed E-state index contributed by atoms with van der Waals surface area (Å²) in [4.78, 5) is 22.2. The number of pyridine rings is 1. The van der Waals surface area contributed by atoms with Gasteiger partial charge in [0.2, 0.25) is 0 Å². The number of nitrogens with zero attached hydrogens (tertiary/aromatic N) is 4. The van der Waals surface area contributed by atoms with Gasteiger partial charge in [-0.1, -0.05) is 5.16 Å². The quantitative estimate of drug-likeness (QED) is 0.651. The van der Waals surface area contributed by atoms with E-state index in [0.717, 1.165) is 18.2 Å². The minimum absolute atomic E-state index is 0.0351. The summed E-state index contributed by atoms with van der Waals surface area (Å²) < 4.78 is 22.3. The summed E-state index contributed by atoms with van der Waals surface area (Å²) in [6.07, 6.45) is 4.61. The van der Waals surface area contributed by atoms with Crippen LogP contribution in [-0.2, 0) is 16.1 Å². The zero-order valence-corrected chi connectivity index (χ0v) is 16.8. The number of fused-ring (bicyclic) bond motifs is 1. The first kappa shape index (κ1) is 19.4. The maximum atomic E-state index is 12.1. The van der Waals surface area contributed by atoms with Crippen molar-refractivity contribution in [2.24, 2.45) is 0 Å². The SMILES string of the molecule is CC(C)(C)OC(=O)N1CCC(OCc2noc(-c3cc4cnccc4o3)n2)CC1. The smallest absolute Gasteiger partial charge is 0.410 e. The van der Waals surface area contributed by atoms with E-state index in [4.69, 9.17) is 18.4 Å². The second kappa shape index (κ2) is 7.82. The van der Waals surface area contributed by atoms with Gasteiger partial charge in [-0.25, -0.2) is 4.79 Å². The Labute approximate surface area is 168 Å². The molecule has 0 unspecified atom stereocenters. The summed E-state index contributed by atoms with van der Waals surface area (Å²) in [5.74, 6) is 1.25. The number of amides is 1. The molecule has 9 heteroatoms. The highest BCUT2D eigenvalue weighted by Gasteiger charge is 2.27. The molecule has 154 valence electrons. The van der Waals surface area contributed by atoms with Gasteiger partial charge in [0.25, 0.3) is 5.89 Å². The van der Waals surface area contributed by atoms with Gasteiger partial charge in [-0.3, -0.25) is 4.98 Å². The van der Waals surface area contributed by atoms with Crippen LogP contribution in [0.4, 0.5) is 4.79 Å². The molecule has 29 heavy (non-hydrogen) atoms. The molecule has 0 N–H and O–H groups in total. The Balaban J connectivity index is 1.28. The van der Waals surface area contributed by atoms with Gasteiger partial charge in [-0.15, -0.1) is 0 Å². The lowest BCUT2D eigenvalue weighted by atomic mass is 10.1. The Bertz CT molecular complexity index is 949. The van der Waals surface area contributed by atoms with E-state index in [1.165, 1.54) is 0 Å². The number of furan rings is 1. The van der Waals surface area contributed by atoms with Crippen LogP contribution in [0.3, 0.4) is 0 Å². The van der Waals surface area contributed by atoms with E-state index in [-0.39, 0.29) is 18.8 Å². The molecule has 4 rings (SSSR count). The maximum Gasteiger partial charge on any atom is 0.410 e. The van der Waals surface area contributed by atoms with Gasteiger partial charge in [0, 0.05) is 30.9 Å². The van der Waals surface area contributed by atoms with Crippen molar-refractivity contribution < 1.29 is 23.2 Å². The third kappa shape index (κ3) is 4.73. The van der Waals surface area contributed by atoms with E-state index < -0.39 is 5.60 Å². The minimum atomic E-state index is -0.489. The van der Waals surface area contributed by atoms with Crippen molar-refractivity contribution >= 4 is 17.1 Å². The van der Waals surface area contributed by atoms with Gasteiger partial charge in [0.15, 0.2) is 11.6 Å². The van der Waals surface area contributed by atoms with Gasteiger partial charge < -0.3 is 23.3 Å². The Kier molecular flexibility index (Phi) is 5.23. The fourth-order valence-corrected chi connectivity index (χ4v) is 3.13. The molecule has 9 nitrogen and oxygen atoms in total. The predicted molar refractivity (Wildman–Crippen MR) is 103 cm³/mol. The molecular weight excluding hydrogens is 376 g/mol. The zero-order valence-electron chi connectivity index (χ0n) is 16.8. The third-order valence-corrected chi connectivity index (χ3v) is 4.54. The molecule has 0 bridgehead atoms. The summed E-state index contributed by atoms with van der Waals surface area (Å²) in [6.45, 7) is 7.03. The molecular formula is C20H24N4O5. The van der Waals surface area contributed by atoms with Crippen LogP contribution in [0.5, 0.6) is 0 Å². The summed E-state index contributed by atoms with van der Waals surface area (Å²) in [6, 6.07) is 3.59. The molecule has 0 aromatic carbocycles. The Hall–Kier alpha value is -2.94. The van der Waals surface area contributed by atoms with Crippen molar-refractivity contribution in [2.45, 2.75) is 51.9 Å². The van der Waals surface area contributed by atoms with E-state index >= 15 is 0 Å². The highest BCUT2D eigenvalue weighted by atomic mass is 16.6. The van der Waals surface area contributed by atoms with Crippen molar-refractivity contribution in [1.29, 1.82) is 0 Å². The molecule has 1 saturated heterocycles. The van der Waals surface area contributed by atoms with Crippen LogP contribution in [-0.4, -0.2) is 50.9 Å². The maximum absolute atomic E-state index is 12.1. The van der Waals surface area contributed by atoms with Crippen LogP contribution in [0.15, 0.2) is 33.5 Å². The largest absolute Gasteiger partial charge is 0.451 e. The summed E-state index contributed by atoms with van der Waals surface area (Å²) in [7, 11) is 0. The highest BCUT2D eigenvalue weighted by molar-refractivity contribution is 5.80. The lowest BCUT2D eigenvalue weighted by Gasteiger charge is -2.33. The molecule has 1 fully saturated rings. The van der Waals surface area contributed by atoms with E-state index in [1.807, 2.05) is 26.8 Å². The van der Waals surface area contributed by atoms with Crippen LogP contribution >= 0.6 is 0 Å². The Morgan fingerprint density at radius 3 is 2.83 bits per heavy atom. The minimum Gasteiger partial charge on any atom is -0.451 e. The number of carbonyl (C=O) groups excluding carboxylic acids is 1. The molecule has 3 aromatic heterocycles. The zero-order chi connectivity index (χ0) is 20.4. The van der Waals surface area contributed by atoms with Crippen molar-refractivity contribution in [1.82, 2.24) is 20.0 Å². The molecule has 0 saturated carbocycles. The predicted octanol–water partition coefficient (Wildman–Crippen LogP) is 3.79. The molecule has 0 radical (unpaired) electrons. The lowest BCUT2D eigenvalue weighted by molar-refractivity contribution is -0.0190. The normalized spacial score (nSPS) is 15.8. The van der Waals surface area contributed by atoms with Gasteiger partial charge >= 0.3 is 6.09 Å². The van der Waals surface area contributed by atoms with Gasteiger partial charge in [-0.2, -0.15) is 4.98 Å². The first-order valence-corrected chi connectivity index (χ1v) is 9.63. The molecule has 0 spiro atoms. The fraction of sp³-hybridized carbons (Fsp3) is 0.500. The van der Waals surface area contributed by atoms with Crippen molar-refractivity contribution in [3.8, 4) is 11.7 Å². The average molecular weight is 400 g/mol. The summed E-state index contributed by atoms with van der Waals surface area (Å²) in [5.41, 5.74) is 0.222. The monoisotopic (exact) mass is 400 g/mol. The molecule has 1 amide bonds. The third-order valence-electron chi connectivity index (χ3n) is 4.54. The highest BCUT2D eigenvalue weighted by Crippen LogP contribution is 2.26. The first-order valence-electron chi connectivity index (χ1n) is 9.63. The van der Waals surface area contributed by atoms with E-state index in [9.17, 15) is 4.79 Å². The van der Waals surface area contributed by atoms with Gasteiger partial charge in [-0.05, 0) is 45.7 Å². The van der Waals surface area contributed by atoms with Crippen LogP contribution in [0.1, 0.15) is 39.4 Å².